The minimum absolute atomic E-state index is 0.184. The largest absolute Gasteiger partial charge is 0.378 e. The van der Waals surface area contributed by atoms with E-state index in [1.54, 1.807) is 6.20 Å². The summed E-state index contributed by atoms with van der Waals surface area (Å²) in [5.41, 5.74) is 2.30. The molecule has 1 amide bonds. The van der Waals surface area contributed by atoms with E-state index >= 15 is 0 Å². The zero-order valence-electron chi connectivity index (χ0n) is 12.3. The molecule has 2 N–H and O–H groups in total. The molecule has 6 nitrogen and oxygen atoms in total. The number of benzene rings is 1. The molecule has 6 heteroatoms. The van der Waals surface area contributed by atoms with Gasteiger partial charge in [0.2, 0.25) is 5.95 Å². The first-order valence-corrected chi connectivity index (χ1v) is 7.03. The average Bonchev–Trinajstić information content (AvgIpc) is 2.92. The maximum atomic E-state index is 12.2. The van der Waals surface area contributed by atoms with Gasteiger partial charge >= 0.3 is 0 Å². The lowest BCUT2D eigenvalue weighted by Gasteiger charge is -2.14. The molecule has 0 saturated carbocycles. The van der Waals surface area contributed by atoms with Gasteiger partial charge in [0.25, 0.3) is 5.91 Å². The van der Waals surface area contributed by atoms with Gasteiger partial charge in [0.15, 0.2) is 0 Å². The molecule has 1 aliphatic heterocycles. The standard InChI is InChI=1S/C15H19N5O/c1-19(2)12-6-4-11(5-7-12)17-14(21)13-10-20-9-3-8-16-15(20)18-13/h4-7,10H,3,8-9H2,1-2H3,(H,16,18)(H,17,21). The van der Waals surface area contributed by atoms with E-state index in [0.29, 0.717) is 5.69 Å². The van der Waals surface area contributed by atoms with Crippen LogP contribution in [0.3, 0.4) is 0 Å². The number of anilines is 3. The van der Waals surface area contributed by atoms with E-state index in [1.807, 2.05) is 47.8 Å². The second-order valence-electron chi connectivity index (χ2n) is 5.32. The number of hydrogen-bond donors (Lipinski definition) is 2. The van der Waals surface area contributed by atoms with Crippen molar-refractivity contribution >= 4 is 23.2 Å². The van der Waals surface area contributed by atoms with Gasteiger partial charge in [-0.2, -0.15) is 0 Å². The highest BCUT2D eigenvalue weighted by atomic mass is 16.1. The van der Waals surface area contributed by atoms with Gasteiger partial charge in [-0.05, 0) is 30.7 Å². The molecule has 0 saturated heterocycles. The highest BCUT2D eigenvalue weighted by Gasteiger charge is 2.16. The molecule has 2 aromatic rings. The van der Waals surface area contributed by atoms with Crippen LogP contribution in [0.2, 0.25) is 0 Å². The van der Waals surface area contributed by atoms with E-state index < -0.39 is 0 Å². The molecule has 2 heterocycles. The van der Waals surface area contributed by atoms with Crippen LogP contribution in [0, 0.1) is 0 Å². The van der Waals surface area contributed by atoms with Crippen molar-refractivity contribution < 1.29 is 4.79 Å². The third-order valence-electron chi connectivity index (χ3n) is 3.51. The summed E-state index contributed by atoms with van der Waals surface area (Å²) < 4.78 is 1.98. The van der Waals surface area contributed by atoms with E-state index in [0.717, 1.165) is 36.8 Å². The number of fused-ring (bicyclic) bond motifs is 1. The first kappa shape index (κ1) is 13.5. The topological polar surface area (TPSA) is 62.2 Å². The summed E-state index contributed by atoms with van der Waals surface area (Å²) in [6.07, 6.45) is 2.85. The van der Waals surface area contributed by atoms with Crippen molar-refractivity contribution in [2.75, 3.05) is 36.2 Å². The Hall–Kier alpha value is -2.50. The Morgan fingerprint density at radius 3 is 2.76 bits per heavy atom. The minimum atomic E-state index is -0.184. The van der Waals surface area contributed by atoms with Crippen molar-refractivity contribution in [3.63, 3.8) is 0 Å². The number of carbonyl (C=O) groups is 1. The van der Waals surface area contributed by atoms with Crippen LogP contribution in [0.25, 0.3) is 0 Å². The summed E-state index contributed by atoms with van der Waals surface area (Å²) in [6.45, 7) is 1.81. The third kappa shape index (κ3) is 2.84. The smallest absolute Gasteiger partial charge is 0.275 e. The normalized spacial score (nSPS) is 13.2. The molecule has 3 rings (SSSR count). The number of nitrogens with zero attached hydrogens (tertiary/aromatic N) is 3. The number of aromatic nitrogens is 2. The maximum absolute atomic E-state index is 12.2. The lowest BCUT2D eigenvalue weighted by Crippen LogP contribution is -2.16. The summed E-state index contributed by atoms with van der Waals surface area (Å²) >= 11 is 0. The number of aryl methyl sites for hydroxylation is 1. The van der Waals surface area contributed by atoms with E-state index in [-0.39, 0.29) is 5.91 Å². The Kier molecular flexibility index (Phi) is 3.51. The van der Waals surface area contributed by atoms with E-state index in [2.05, 4.69) is 15.6 Å². The van der Waals surface area contributed by atoms with Gasteiger partial charge in [0.1, 0.15) is 5.69 Å². The summed E-state index contributed by atoms with van der Waals surface area (Å²) in [6, 6.07) is 7.72. The molecule has 0 fully saturated rings. The molecule has 0 bridgehead atoms. The molecule has 0 unspecified atom stereocenters. The highest BCUT2D eigenvalue weighted by Crippen LogP contribution is 2.18. The number of imidazole rings is 1. The SMILES string of the molecule is CN(C)c1ccc(NC(=O)c2cn3c(n2)NCCC3)cc1. The lowest BCUT2D eigenvalue weighted by atomic mass is 10.2. The Balaban J connectivity index is 1.72. The predicted molar refractivity (Wildman–Crippen MR) is 84.1 cm³/mol. The predicted octanol–water partition coefficient (Wildman–Crippen LogP) is 2.02. The van der Waals surface area contributed by atoms with Crippen LogP contribution < -0.4 is 15.5 Å². The van der Waals surface area contributed by atoms with Crippen molar-refractivity contribution in [1.82, 2.24) is 9.55 Å². The number of nitrogens with one attached hydrogen (secondary N) is 2. The van der Waals surface area contributed by atoms with Crippen LogP contribution in [0.4, 0.5) is 17.3 Å². The Morgan fingerprint density at radius 1 is 1.33 bits per heavy atom. The van der Waals surface area contributed by atoms with Crippen molar-refractivity contribution in [1.29, 1.82) is 0 Å². The second-order valence-corrected chi connectivity index (χ2v) is 5.32. The molecule has 1 aromatic carbocycles. The van der Waals surface area contributed by atoms with Gasteiger partial charge in [0.05, 0.1) is 0 Å². The Labute approximate surface area is 123 Å². The lowest BCUT2D eigenvalue weighted by molar-refractivity contribution is 0.102. The second kappa shape index (κ2) is 5.47. The van der Waals surface area contributed by atoms with Crippen molar-refractivity contribution in [3.05, 3.63) is 36.2 Å². The van der Waals surface area contributed by atoms with Gasteiger partial charge in [-0.1, -0.05) is 0 Å². The maximum Gasteiger partial charge on any atom is 0.275 e. The first-order valence-electron chi connectivity index (χ1n) is 7.03. The quantitative estimate of drug-likeness (QED) is 0.905. The number of carbonyl (C=O) groups excluding carboxylic acids is 1. The Morgan fingerprint density at radius 2 is 2.10 bits per heavy atom. The van der Waals surface area contributed by atoms with Crippen LogP contribution in [-0.4, -0.2) is 36.1 Å². The zero-order chi connectivity index (χ0) is 14.8. The molecule has 0 atom stereocenters. The molecule has 110 valence electrons. The molecule has 1 aromatic heterocycles. The molecular weight excluding hydrogens is 266 g/mol. The first-order chi connectivity index (χ1) is 10.1. The van der Waals surface area contributed by atoms with Crippen molar-refractivity contribution in [2.45, 2.75) is 13.0 Å². The number of amides is 1. The van der Waals surface area contributed by atoms with Crippen molar-refractivity contribution in [3.8, 4) is 0 Å². The van der Waals surface area contributed by atoms with Gasteiger partial charge in [0, 0.05) is 44.8 Å². The summed E-state index contributed by atoms with van der Waals surface area (Å²) in [5, 5.41) is 6.06. The van der Waals surface area contributed by atoms with Gasteiger partial charge in [-0.15, -0.1) is 0 Å². The molecule has 21 heavy (non-hydrogen) atoms. The Bertz CT molecular complexity index is 621. The van der Waals surface area contributed by atoms with Crippen LogP contribution in [0.1, 0.15) is 16.9 Å². The molecule has 1 aliphatic rings. The van der Waals surface area contributed by atoms with Gasteiger partial charge in [-0.25, -0.2) is 4.98 Å². The van der Waals surface area contributed by atoms with Crippen molar-refractivity contribution in [2.24, 2.45) is 0 Å². The molecular formula is C15H19N5O. The fourth-order valence-corrected chi connectivity index (χ4v) is 2.32. The van der Waals surface area contributed by atoms with E-state index in [9.17, 15) is 4.79 Å². The summed E-state index contributed by atoms with van der Waals surface area (Å²) in [4.78, 5) is 18.6. The zero-order valence-corrected chi connectivity index (χ0v) is 12.3. The average molecular weight is 285 g/mol. The number of hydrogen-bond acceptors (Lipinski definition) is 4. The monoisotopic (exact) mass is 285 g/mol. The molecule has 0 aliphatic carbocycles. The minimum Gasteiger partial charge on any atom is -0.378 e. The van der Waals surface area contributed by atoms with E-state index in [4.69, 9.17) is 0 Å². The fraction of sp³-hybridized carbons (Fsp3) is 0.333. The van der Waals surface area contributed by atoms with Crippen LogP contribution in [0.5, 0.6) is 0 Å². The van der Waals surface area contributed by atoms with Gasteiger partial charge < -0.3 is 20.1 Å². The highest BCUT2D eigenvalue weighted by molar-refractivity contribution is 6.03. The van der Waals surface area contributed by atoms with Crippen LogP contribution >= 0.6 is 0 Å². The molecule has 0 radical (unpaired) electrons. The number of rotatable bonds is 3. The van der Waals surface area contributed by atoms with Crippen LogP contribution in [-0.2, 0) is 6.54 Å². The fourth-order valence-electron chi connectivity index (χ4n) is 2.32. The van der Waals surface area contributed by atoms with Crippen LogP contribution in [0.15, 0.2) is 30.5 Å². The molecule has 0 spiro atoms. The van der Waals surface area contributed by atoms with E-state index in [1.165, 1.54) is 0 Å². The summed E-state index contributed by atoms with van der Waals surface area (Å²) in [5.74, 6) is 0.589. The third-order valence-corrected chi connectivity index (χ3v) is 3.51. The van der Waals surface area contributed by atoms with Gasteiger partial charge in [-0.3, -0.25) is 4.79 Å². The summed E-state index contributed by atoms with van der Waals surface area (Å²) in [7, 11) is 3.96.